The molecule has 0 saturated carbocycles. The number of carbonyl (C=O) groups is 2. The Morgan fingerprint density at radius 2 is 1.65 bits per heavy atom. The molecule has 1 aliphatic carbocycles. The lowest BCUT2D eigenvalue weighted by molar-refractivity contribution is -0.159. The van der Waals surface area contributed by atoms with Crippen LogP contribution in [0.3, 0.4) is 0 Å². The van der Waals surface area contributed by atoms with Crippen LogP contribution < -0.4 is 5.73 Å². The normalized spacial score (nSPS) is 14.8. The van der Waals surface area contributed by atoms with Gasteiger partial charge in [-0.25, -0.2) is 0 Å². The van der Waals surface area contributed by atoms with E-state index in [1.54, 1.807) is 0 Å². The van der Waals surface area contributed by atoms with Crippen LogP contribution in [0.15, 0.2) is 61.2 Å². The fourth-order valence-electron chi connectivity index (χ4n) is 3.48. The molecule has 0 spiro atoms. The molecule has 2 aromatic carbocycles. The fourth-order valence-corrected chi connectivity index (χ4v) is 3.48. The fraction of sp³-hybridized carbons (Fsp3) is 0.238. The predicted molar refractivity (Wildman–Crippen MR) is 98.6 cm³/mol. The number of fused-ring (bicyclic) bond motifs is 3. The van der Waals surface area contributed by atoms with Crippen molar-refractivity contribution in [2.24, 2.45) is 11.7 Å². The minimum atomic E-state index is -1.40. The lowest BCUT2D eigenvalue weighted by Crippen LogP contribution is -2.41. The molecule has 134 valence electrons. The van der Waals surface area contributed by atoms with E-state index in [0.29, 0.717) is 0 Å². The summed E-state index contributed by atoms with van der Waals surface area (Å²) in [4.78, 5) is 23.8. The van der Waals surface area contributed by atoms with Gasteiger partial charge in [-0.2, -0.15) is 0 Å². The lowest BCUT2D eigenvalue weighted by atomic mass is 9.96. The smallest absolute Gasteiger partial charge is 0.321 e. The second kappa shape index (κ2) is 7.54. The van der Waals surface area contributed by atoms with Crippen molar-refractivity contribution in [3.05, 3.63) is 72.3 Å². The van der Waals surface area contributed by atoms with Crippen molar-refractivity contribution in [2.75, 3.05) is 6.61 Å². The molecule has 0 radical (unpaired) electrons. The van der Waals surface area contributed by atoms with Gasteiger partial charge in [0.1, 0.15) is 6.61 Å². The van der Waals surface area contributed by atoms with Crippen molar-refractivity contribution < 1.29 is 19.4 Å². The average molecular weight is 351 g/mol. The van der Waals surface area contributed by atoms with E-state index < -0.39 is 23.9 Å². The van der Waals surface area contributed by atoms with Crippen LogP contribution in [0.1, 0.15) is 23.5 Å². The summed E-state index contributed by atoms with van der Waals surface area (Å²) < 4.78 is 5.40. The molecule has 2 atom stereocenters. The Bertz CT molecular complexity index is 800. The highest BCUT2D eigenvalue weighted by Gasteiger charge is 2.35. The van der Waals surface area contributed by atoms with Gasteiger partial charge in [0, 0.05) is 12.0 Å². The number of rotatable bonds is 7. The highest BCUT2D eigenvalue weighted by Crippen LogP contribution is 2.44. The van der Waals surface area contributed by atoms with E-state index in [0.717, 1.165) is 22.3 Å². The number of nitrogens with two attached hydrogens (primary N) is 1. The third-order valence-electron chi connectivity index (χ3n) is 4.74. The van der Waals surface area contributed by atoms with E-state index in [-0.39, 0.29) is 18.9 Å². The Morgan fingerprint density at radius 1 is 1.12 bits per heavy atom. The number of aliphatic carboxylic acids is 1. The van der Waals surface area contributed by atoms with Gasteiger partial charge >= 0.3 is 11.9 Å². The van der Waals surface area contributed by atoms with Gasteiger partial charge in [0.25, 0.3) is 0 Å². The summed E-state index contributed by atoms with van der Waals surface area (Å²) in [6.45, 7) is 3.62. The maximum atomic E-state index is 12.4. The third-order valence-corrected chi connectivity index (χ3v) is 4.74. The summed E-state index contributed by atoms with van der Waals surface area (Å²) in [5, 5.41) is 9.33. The van der Waals surface area contributed by atoms with Crippen molar-refractivity contribution >= 4 is 11.9 Å². The summed E-state index contributed by atoms with van der Waals surface area (Å²) in [5.41, 5.74) is 10.2. The number of hydrogen-bond acceptors (Lipinski definition) is 4. The minimum absolute atomic E-state index is 0.0808. The number of carbonyl (C=O) groups excluding carboxylic acids is 1. The highest BCUT2D eigenvalue weighted by atomic mass is 16.5. The molecule has 0 heterocycles. The van der Waals surface area contributed by atoms with Gasteiger partial charge in [0.15, 0.2) is 5.92 Å². The first-order valence-electron chi connectivity index (χ1n) is 8.48. The van der Waals surface area contributed by atoms with E-state index in [2.05, 4.69) is 6.58 Å². The summed E-state index contributed by atoms with van der Waals surface area (Å²) in [6, 6.07) is 15.1. The molecule has 0 bridgehead atoms. The van der Waals surface area contributed by atoms with Crippen molar-refractivity contribution in [1.29, 1.82) is 0 Å². The standard InChI is InChI=1S/C21H21NO4/c1-2-7-18(22)19(20(23)24)21(25)26-12-17-15-10-5-3-8-13(15)14-9-4-6-11-16(14)17/h2-6,8-11,17-19H,1,7,12,22H2,(H,23,24)/t18-,19-/m1/s1. The van der Waals surface area contributed by atoms with Crippen molar-refractivity contribution in [1.82, 2.24) is 0 Å². The lowest BCUT2D eigenvalue weighted by Gasteiger charge is -2.20. The first-order chi connectivity index (χ1) is 12.5. The predicted octanol–water partition coefficient (Wildman–Crippen LogP) is 2.95. The Morgan fingerprint density at radius 3 is 2.15 bits per heavy atom. The van der Waals surface area contributed by atoms with Crippen LogP contribution in [0.2, 0.25) is 0 Å². The van der Waals surface area contributed by atoms with E-state index >= 15 is 0 Å². The molecular formula is C21H21NO4. The van der Waals surface area contributed by atoms with Crippen LogP contribution in [-0.2, 0) is 14.3 Å². The molecule has 0 fully saturated rings. The first kappa shape index (κ1) is 17.9. The van der Waals surface area contributed by atoms with Crippen LogP contribution in [0.5, 0.6) is 0 Å². The molecule has 3 rings (SSSR count). The van der Waals surface area contributed by atoms with E-state index in [9.17, 15) is 14.7 Å². The van der Waals surface area contributed by atoms with Crippen LogP contribution in [-0.4, -0.2) is 29.7 Å². The Balaban J connectivity index is 1.80. The SMILES string of the molecule is C=CC[C@@H](N)[C@H](C(=O)O)C(=O)OCC1c2ccccc2-c2ccccc21. The second-order valence-corrected chi connectivity index (χ2v) is 6.36. The molecule has 0 saturated heterocycles. The van der Waals surface area contributed by atoms with Crippen LogP contribution >= 0.6 is 0 Å². The minimum Gasteiger partial charge on any atom is -0.481 e. The van der Waals surface area contributed by atoms with Crippen LogP contribution in [0.25, 0.3) is 11.1 Å². The highest BCUT2D eigenvalue weighted by molar-refractivity contribution is 5.95. The molecule has 0 aromatic heterocycles. The topological polar surface area (TPSA) is 89.6 Å². The molecule has 0 aliphatic heterocycles. The molecular weight excluding hydrogens is 330 g/mol. The monoisotopic (exact) mass is 351 g/mol. The maximum absolute atomic E-state index is 12.4. The molecule has 5 heteroatoms. The van der Waals surface area contributed by atoms with Crippen LogP contribution in [0.4, 0.5) is 0 Å². The van der Waals surface area contributed by atoms with Gasteiger partial charge in [0.05, 0.1) is 0 Å². The Labute approximate surface area is 152 Å². The second-order valence-electron chi connectivity index (χ2n) is 6.36. The summed E-state index contributed by atoms with van der Waals surface area (Å²) in [6.07, 6.45) is 1.72. The summed E-state index contributed by atoms with van der Waals surface area (Å²) in [5.74, 6) is -3.61. The number of esters is 1. The van der Waals surface area contributed by atoms with Crippen LogP contribution in [0, 0.1) is 5.92 Å². The molecule has 1 aliphatic rings. The summed E-state index contributed by atoms with van der Waals surface area (Å²) in [7, 11) is 0. The third kappa shape index (κ3) is 3.26. The van der Waals surface area contributed by atoms with E-state index in [4.69, 9.17) is 10.5 Å². The zero-order valence-corrected chi connectivity index (χ0v) is 14.3. The summed E-state index contributed by atoms with van der Waals surface area (Å²) >= 11 is 0. The zero-order chi connectivity index (χ0) is 18.7. The number of carboxylic acids is 1. The number of hydrogen-bond donors (Lipinski definition) is 2. The van der Waals surface area contributed by atoms with Crippen molar-refractivity contribution in [3.8, 4) is 11.1 Å². The van der Waals surface area contributed by atoms with E-state index in [1.807, 2.05) is 48.5 Å². The van der Waals surface area contributed by atoms with Gasteiger partial charge < -0.3 is 15.6 Å². The zero-order valence-electron chi connectivity index (χ0n) is 14.3. The van der Waals surface area contributed by atoms with Gasteiger partial charge in [0.2, 0.25) is 0 Å². The molecule has 0 unspecified atom stereocenters. The van der Waals surface area contributed by atoms with Gasteiger partial charge in [-0.05, 0) is 28.7 Å². The largest absolute Gasteiger partial charge is 0.481 e. The molecule has 2 aromatic rings. The number of carboxylic acid groups (broad SMARTS) is 1. The number of benzene rings is 2. The molecule has 5 nitrogen and oxygen atoms in total. The molecule has 3 N–H and O–H groups in total. The van der Waals surface area contributed by atoms with Gasteiger partial charge in [-0.15, -0.1) is 6.58 Å². The van der Waals surface area contributed by atoms with Crippen molar-refractivity contribution in [2.45, 2.75) is 18.4 Å². The van der Waals surface area contributed by atoms with Gasteiger partial charge in [-0.1, -0.05) is 54.6 Å². The first-order valence-corrected chi connectivity index (χ1v) is 8.48. The quantitative estimate of drug-likeness (QED) is 0.455. The number of ether oxygens (including phenoxy) is 1. The molecule has 0 amide bonds. The maximum Gasteiger partial charge on any atom is 0.321 e. The average Bonchev–Trinajstić information content (AvgIpc) is 2.94. The van der Waals surface area contributed by atoms with E-state index in [1.165, 1.54) is 6.08 Å². The van der Waals surface area contributed by atoms with Crippen molar-refractivity contribution in [3.63, 3.8) is 0 Å². The van der Waals surface area contributed by atoms with Gasteiger partial charge in [-0.3, -0.25) is 9.59 Å². The Hall–Kier alpha value is -2.92. The molecule has 26 heavy (non-hydrogen) atoms. The Kier molecular flexibility index (Phi) is 5.19.